The van der Waals surface area contributed by atoms with Gasteiger partial charge in [-0.15, -0.1) is 0 Å². The van der Waals surface area contributed by atoms with Gasteiger partial charge in [0.15, 0.2) is 11.5 Å². The number of hydrogen-bond acceptors (Lipinski definition) is 7. The summed E-state index contributed by atoms with van der Waals surface area (Å²) in [6.07, 6.45) is 0.0430. The Morgan fingerprint density at radius 1 is 0.974 bits per heavy atom. The van der Waals surface area contributed by atoms with Crippen molar-refractivity contribution in [1.82, 2.24) is 30.8 Å². The van der Waals surface area contributed by atoms with Crippen LogP contribution in [0.15, 0.2) is 48.5 Å². The van der Waals surface area contributed by atoms with Crippen molar-refractivity contribution in [3.05, 3.63) is 59.8 Å². The zero-order valence-corrected chi connectivity index (χ0v) is 22.4. The number of carbonyl (C=O) groups excluding carboxylic acids is 3. The van der Waals surface area contributed by atoms with E-state index in [0.717, 1.165) is 5.56 Å². The summed E-state index contributed by atoms with van der Waals surface area (Å²) in [5.74, 6) is -0.414. The van der Waals surface area contributed by atoms with Crippen LogP contribution in [-0.4, -0.2) is 63.4 Å². The van der Waals surface area contributed by atoms with Gasteiger partial charge in [-0.25, -0.2) is 14.6 Å². The first-order valence-corrected chi connectivity index (χ1v) is 12.7. The molecule has 4 N–H and O–H groups in total. The SMILES string of the molecule is CCOC(=O)c1[nH]c(-c2n[nH]c3ccc(C(=O)NCCCNC(=O)OC(C)(C)C)cc23)nc1-c1ccccc1. The van der Waals surface area contributed by atoms with E-state index in [-0.39, 0.29) is 18.2 Å². The lowest BCUT2D eigenvalue weighted by Crippen LogP contribution is -2.34. The van der Waals surface area contributed by atoms with Crippen LogP contribution in [0.5, 0.6) is 0 Å². The van der Waals surface area contributed by atoms with E-state index in [0.29, 0.717) is 53.2 Å². The Morgan fingerprint density at radius 2 is 1.72 bits per heavy atom. The number of ether oxygens (including phenoxy) is 2. The number of imidazole rings is 1. The van der Waals surface area contributed by atoms with Crippen molar-refractivity contribution in [3.8, 4) is 22.8 Å². The minimum absolute atomic E-state index is 0.224. The summed E-state index contributed by atoms with van der Waals surface area (Å²) in [5.41, 5.74) is 2.47. The van der Waals surface area contributed by atoms with E-state index in [2.05, 4.69) is 30.8 Å². The summed E-state index contributed by atoms with van der Waals surface area (Å²) in [7, 11) is 0. The maximum atomic E-state index is 12.8. The van der Waals surface area contributed by atoms with Gasteiger partial charge in [0, 0.05) is 29.6 Å². The first-order valence-electron chi connectivity index (χ1n) is 12.7. The molecule has 11 nitrogen and oxygen atoms in total. The lowest BCUT2D eigenvalue weighted by Gasteiger charge is -2.19. The molecular weight excluding hydrogens is 500 g/mol. The van der Waals surface area contributed by atoms with Crippen molar-refractivity contribution >= 4 is 28.9 Å². The number of aromatic amines is 2. The van der Waals surface area contributed by atoms with Gasteiger partial charge in [-0.1, -0.05) is 30.3 Å². The van der Waals surface area contributed by atoms with Crippen LogP contribution in [0.25, 0.3) is 33.7 Å². The number of carbonyl (C=O) groups is 3. The van der Waals surface area contributed by atoms with Gasteiger partial charge in [0.2, 0.25) is 0 Å². The Morgan fingerprint density at radius 3 is 2.44 bits per heavy atom. The molecule has 0 radical (unpaired) electrons. The van der Waals surface area contributed by atoms with Gasteiger partial charge < -0.3 is 25.1 Å². The number of nitrogens with zero attached hydrogens (tertiary/aromatic N) is 2. The maximum absolute atomic E-state index is 12.8. The summed E-state index contributed by atoms with van der Waals surface area (Å²) >= 11 is 0. The third-order valence-corrected chi connectivity index (χ3v) is 5.59. The molecule has 0 atom stereocenters. The quantitative estimate of drug-likeness (QED) is 0.184. The number of esters is 1. The predicted molar refractivity (Wildman–Crippen MR) is 146 cm³/mol. The number of hydrogen-bond donors (Lipinski definition) is 4. The molecule has 2 aromatic heterocycles. The van der Waals surface area contributed by atoms with E-state index in [1.807, 2.05) is 30.3 Å². The van der Waals surface area contributed by atoms with Crippen LogP contribution < -0.4 is 10.6 Å². The molecule has 2 aromatic carbocycles. The second-order valence-corrected chi connectivity index (χ2v) is 9.77. The lowest BCUT2D eigenvalue weighted by atomic mass is 10.1. The van der Waals surface area contributed by atoms with Crippen LogP contribution in [0.1, 0.15) is 55.0 Å². The highest BCUT2D eigenvalue weighted by Gasteiger charge is 2.23. The largest absolute Gasteiger partial charge is 0.461 e. The van der Waals surface area contributed by atoms with Gasteiger partial charge in [-0.2, -0.15) is 5.10 Å². The smallest absolute Gasteiger partial charge is 0.407 e. The molecular formula is C28H32N6O5. The van der Waals surface area contributed by atoms with Crippen molar-refractivity contribution < 1.29 is 23.9 Å². The second kappa shape index (κ2) is 11.8. The van der Waals surface area contributed by atoms with Gasteiger partial charge >= 0.3 is 12.1 Å². The average Bonchev–Trinajstić information content (AvgIpc) is 3.52. The van der Waals surface area contributed by atoms with Gasteiger partial charge in [-0.3, -0.25) is 9.89 Å². The molecule has 39 heavy (non-hydrogen) atoms. The fourth-order valence-corrected chi connectivity index (χ4v) is 3.87. The van der Waals surface area contributed by atoms with E-state index in [1.54, 1.807) is 45.9 Å². The molecule has 0 bridgehead atoms. The summed E-state index contributed by atoms with van der Waals surface area (Å²) in [6, 6.07) is 14.5. The molecule has 0 fully saturated rings. The summed E-state index contributed by atoms with van der Waals surface area (Å²) < 4.78 is 10.4. The standard InChI is InChI=1S/C28H32N6O5/c1-5-38-26(36)23-21(17-10-7-6-8-11-17)31-24(32-23)22-19-16-18(12-13-20(19)33-34-22)25(35)29-14-9-15-30-27(37)39-28(2,3)4/h6-8,10-13,16H,5,9,14-15H2,1-4H3,(H,29,35)(H,30,37)(H,31,32)(H,33,34). The number of benzene rings is 2. The van der Waals surface area contributed by atoms with E-state index < -0.39 is 17.7 Å². The Labute approximate surface area is 225 Å². The molecule has 0 unspecified atom stereocenters. The zero-order valence-electron chi connectivity index (χ0n) is 22.4. The number of amides is 2. The Balaban J connectivity index is 1.50. The molecule has 11 heteroatoms. The molecule has 204 valence electrons. The molecule has 0 saturated carbocycles. The molecule has 2 heterocycles. The molecule has 0 spiro atoms. The minimum atomic E-state index is -0.567. The van der Waals surface area contributed by atoms with Crippen molar-refractivity contribution in [2.24, 2.45) is 0 Å². The van der Waals surface area contributed by atoms with E-state index in [9.17, 15) is 14.4 Å². The van der Waals surface area contributed by atoms with Crippen LogP contribution in [0, 0.1) is 0 Å². The Bertz CT molecular complexity index is 1470. The minimum Gasteiger partial charge on any atom is -0.461 e. The van der Waals surface area contributed by atoms with Crippen LogP contribution in [0.4, 0.5) is 4.79 Å². The van der Waals surface area contributed by atoms with Gasteiger partial charge in [-0.05, 0) is 52.3 Å². The van der Waals surface area contributed by atoms with Crippen LogP contribution >= 0.6 is 0 Å². The molecule has 0 aliphatic rings. The third-order valence-electron chi connectivity index (χ3n) is 5.59. The van der Waals surface area contributed by atoms with E-state index in [4.69, 9.17) is 9.47 Å². The highest BCUT2D eigenvalue weighted by molar-refractivity contribution is 6.02. The number of H-pyrrole nitrogens is 2. The Kier molecular flexibility index (Phi) is 8.28. The van der Waals surface area contributed by atoms with Gasteiger partial charge in [0.05, 0.1) is 12.1 Å². The molecule has 2 amide bonds. The summed E-state index contributed by atoms with van der Waals surface area (Å²) in [5, 5.41) is 13.5. The first-order chi connectivity index (χ1) is 18.7. The number of fused-ring (bicyclic) bond motifs is 1. The lowest BCUT2D eigenvalue weighted by molar-refractivity contribution is 0.0513. The van der Waals surface area contributed by atoms with Gasteiger partial charge in [0.1, 0.15) is 17.0 Å². The van der Waals surface area contributed by atoms with Crippen molar-refractivity contribution in [2.75, 3.05) is 19.7 Å². The molecule has 0 aliphatic carbocycles. The van der Waals surface area contributed by atoms with Gasteiger partial charge in [0.25, 0.3) is 5.91 Å². The third kappa shape index (κ3) is 6.81. The normalized spacial score (nSPS) is 11.3. The summed E-state index contributed by atoms with van der Waals surface area (Å²) in [6.45, 7) is 8.08. The number of alkyl carbamates (subject to hydrolysis) is 1. The average molecular weight is 533 g/mol. The van der Waals surface area contributed by atoms with Crippen LogP contribution in [0.2, 0.25) is 0 Å². The monoisotopic (exact) mass is 532 g/mol. The number of nitrogens with one attached hydrogen (secondary N) is 4. The van der Waals surface area contributed by atoms with Crippen molar-refractivity contribution in [3.63, 3.8) is 0 Å². The first kappa shape index (κ1) is 27.4. The summed E-state index contributed by atoms with van der Waals surface area (Å²) in [4.78, 5) is 45.0. The highest BCUT2D eigenvalue weighted by Crippen LogP contribution is 2.30. The highest BCUT2D eigenvalue weighted by atomic mass is 16.6. The molecule has 4 rings (SSSR count). The predicted octanol–water partition coefficient (Wildman–Crippen LogP) is 4.44. The number of rotatable bonds is 9. The second-order valence-electron chi connectivity index (χ2n) is 9.77. The topological polar surface area (TPSA) is 151 Å². The fourth-order valence-electron chi connectivity index (χ4n) is 3.87. The van der Waals surface area contributed by atoms with E-state index >= 15 is 0 Å². The number of aromatic nitrogens is 4. The van der Waals surface area contributed by atoms with E-state index in [1.165, 1.54) is 0 Å². The fraction of sp³-hybridized carbons (Fsp3) is 0.321. The molecule has 0 aliphatic heterocycles. The van der Waals surface area contributed by atoms with Crippen molar-refractivity contribution in [1.29, 1.82) is 0 Å². The Hall–Kier alpha value is -4.67. The van der Waals surface area contributed by atoms with Crippen molar-refractivity contribution in [2.45, 2.75) is 39.7 Å². The molecule has 4 aromatic rings. The van der Waals surface area contributed by atoms with Crippen LogP contribution in [0.3, 0.4) is 0 Å². The maximum Gasteiger partial charge on any atom is 0.407 e. The molecule has 0 saturated heterocycles. The van der Waals surface area contributed by atoms with Crippen LogP contribution in [-0.2, 0) is 9.47 Å². The zero-order chi connectivity index (χ0) is 28.0.